The second-order valence-electron chi connectivity index (χ2n) is 4.80. The van der Waals surface area contributed by atoms with Crippen LogP contribution in [-0.2, 0) is 0 Å². The molecular formula is C13H19F2N3. The molecule has 5 heteroatoms. The molecule has 100 valence electrons. The Bertz CT molecular complexity index is 403. The highest BCUT2D eigenvalue weighted by Crippen LogP contribution is 2.24. The minimum absolute atomic E-state index is 0.0119. The van der Waals surface area contributed by atoms with E-state index in [4.69, 9.17) is 0 Å². The lowest BCUT2D eigenvalue weighted by Gasteiger charge is -2.38. The van der Waals surface area contributed by atoms with Crippen molar-refractivity contribution in [3.63, 3.8) is 0 Å². The van der Waals surface area contributed by atoms with Crippen molar-refractivity contribution in [1.29, 1.82) is 0 Å². The van der Waals surface area contributed by atoms with Crippen molar-refractivity contribution >= 4 is 0 Å². The van der Waals surface area contributed by atoms with Crippen LogP contribution in [0.15, 0.2) is 18.2 Å². The van der Waals surface area contributed by atoms with E-state index in [-0.39, 0.29) is 6.17 Å². The van der Waals surface area contributed by atoms with E-state index in [1.54, 1.807) is 6.07 Å². The molecule has 1 aliphatic heterocycles. The Balaban J connectivity index is 2.25. The highest BCUT2D eigenvalue weighted by Gasteiger charge is 2.24. The first kappa shape index (κ1) is 13.4. The Labute approximate surface area is 106 Å². The maximum Gasteiger partial charge on any atom is 0.159 e. The Hall–Kier alpha value is -1.04. The van der Waals surface area contributed by atoms with Gasteiger partial charge in [0.2, 0.25) is 0 Å². The van der Waals surface area contributed by atoms with Gasteiger partial charge in [-0.1, -0.05) is 6.07 Å². The van der Waals surface area contributed by atoms with Gasteiger partial charge in [-0.05, 0) is 31.8 Å². The second kappa shape index (κ2) is 5.73. The average Bonchev–Trinajstić information content (AvgIpc) is 2.35. The highest BCUT2D eigenvalue weighted by molar-refractivity contribution is 5.21. The topological polar surface area (TPSA) is 18.5 Å². The summed E-state index contributed by atoms with van der Waals surface area (Å²) in [4.78, 5) is 4.29. The van der Waals surface area contributed by atoms with E-state index in [0.717, 1.165) is 31.7 Å². The summed E-state index contributed by atoms with van der Waals surface area (Å²) in [5, 5.41) is 3.29. The van der Waals surface area contributed by atoms with Crippen molar-refractivity contribution in [3.8, 4) is 0 Å². The molecule has 1 N–H and O–H groups in total. The lowest BCUT2D eigenvalue weighted by molar-refractivity contribution is 0.0670. The predicted molar refractivity (Wildman–Crippen MR) is 67.2 cm³/mol. The zero-order valence-electron chi connectivity index (χ0n) is 10.8. The summed E-state index contributed by atoms with van der Waals surface area (Å²) in [7, 11) is 3.90. The van der Waals surface area contributed by atoms with Gasteiger partial charge in [0.1, 0.15) is 0 Å². The molecule has 0 amide bonds. The van der Waals surface area contributed by atoms with Crippen LogP contribution in [0, 0.1) is 11.6 Å². The molecule has 1 atom stereocenters. The fourth-order valence-corrected chi connectivity index (χ4v) is 2.44. The number of piperazine rings is 1. The molecule has 18 heavy (non-hydrogen) atoms. The van der Waals surface area contributed by atoms with Gasteiger partial charge in [0.25, 0.3) is 0 Å². The van der Waals surface area contributed by atoms with E-state index in [0.29, 0.717) is 0 Å². The van der Waals surface area contributed by atoms with Gasteiger partial charge >= 0.3 is 0 Å². The fraction of sp³-hybridized carbons (Fsp3) is 0.538. The molecule has 1 fully saturated rings. The predicted octanol–water partition coefficient (Wildman–Crippen LogP) is 1.43. The van der Waals surface area contributed by atoms with Gasteiger partial charge in [0, 0.05) is 26.2 Å². The molecule has 0 radical (unpaired) electrons. The zero-order valence-corrected chi connectivity index (χ0v) is 10.8. The van der Waals surface area contributed by atoms with Gasteiger partial charge in [-0.25, -0.2) is 8.78 Å². The summed E-state index contributed by atoms with van der Waals surface area (Å²) < 4.78 is 26.3. The first-order valence-electron chi connectivity index (χ1n) is 6.16. The summed E-state index contributed by atoms with van der Waals surface area (Å²) in [5.74, 6) is -1.58. The minimum atomic E-state index is -0.795. The molecule has 1 saturated heterocycles. The summed E-state index contributed by atoms with van der Waals surface area (Å²) >= 11 is 0. The van der Waals surface area contributed by atoms with Gasteiger partial charge in [-0.2, -0.15) is 0 Å². The van der Waals surface area contributed by atoms with E-state index in [1.807, 2.05) is 19.0 Å². The molecule has 0 spiro atoms. The maximum atomic E-state index is 13.3. The number of nitrogens with zero attached hydrogens (tertiary/aromatic N) is 2. The van der Waals surface area contributed by atoms with Crippen LogP contribution in [0.4, 0.5) is 8.78 Å². The van der Waals surface area contributed by atoms with Crippen molar-refractivity contribution in [2.75, 3.05) is 40.3 Å². The van der Waals surface area contributed by atoms with E-state index >= 15 is 0 Å². The molecule has 0 aliphatic carbocycles. The molecule has 1 aromatic rings. The molecule has 2 rings (SSSR count). The Morgan fingerprint density at radius 1 is 1.17 bits per heavy atom. The number of nitrogens with one attached hydrogen (secondary N) is 1. The summed E-state index contributed by atoms with van der Waals surface area (Å²) in [5.41, 5.74) is 0.792. The third-order valence-corrected chi connectivity index (χ3v) is 3.23. The highest BCUT2D eigenvalue weighted by atomic mass is 19.2. The Morgan fingerprint density at radius 3 is 2.39 bits per heavy atom. The molecule has 1 heterocycles. The molecule has 1 unspecified atom stereocenters. The number of hydrogen-bond acceptors (Lipinski definition) is 3. The number of benzene rings is 1. The van der Waals surface area contributed by atoms with E-state index < -0.39 is 11.6 Å². The van der Waals surface area contributed by atoms with Crippen LogP contribution in [0.2, 0.25) is 0 Å². The largest absolute Gasteiger partial charge is 0.314 e. The fourth-order valence-electron chi connectivity index (χ4n) is 2.44. The summed E-state index contributed by atoms with van der Waals surface area (Å²) in [6.07, 6.45) is -0.0119. The van der Waals surface area contributed by atoms with Gasteiger partial charge in [-0.3, -0.25) is 9.80 Å². The standard InChI is InChI=1S/C13H19F2N3/c1-17(2)13(18-7-5-16-6-8-18)10-3-4-11(14)12(15)9-10/h3-4,9,13,16H,5-8H2,1-2H3. The first-order chi connectivity index (χ1) is 8.59. The van der Waals surface area contributed by atoms with Crippen LogP contribution in [-0.4, -0.2) is 50.1 Å². The third kappa shape index (κ3) is 2.85. The molecule has 3 nitrogen and oxygen atoms in total. The van der Waals surface area contributed by atoms with Crippen molar-refractivity contribution in [1.82, 2.24) is 15.1 Å². The maximum absolute atomic E-state index is 13.3. The average molecular weight is 255 g/mol. The van der Waals surface area contributed by atoms with Crippen molar-refractivity contribution < 1.29 is 8.78 Å². The molecule has 0 bridgehead atoms. The van der Waals surface area contributed by atoms with Crippen LogP contribution in [0.25, 0.3) is 0 Å². The van der Waals surface area contributed by atoms with Crippen molar-refractivity contribution in [2.24, 2.45) is 0 Å². The summed E-state index contributed by atoms with van der Waals surface area (Å²) in [6, 6.07) is 4.15. The quantitative estimate of drug-likeness (QED) is 0.881. The molecule has 0 aromatic heterocycles. The first-order valence-corrected chi connectivity index (χ1v) is 6.16. The zero-order chi connectivity index (χ0) is 13.1. The van der Waals surface area contributed by atoms with Gasteiger partial charge < -0.3 is 5.32 Å². The minimum Gasteiger partial charge on any atom is -0.314 e. The molecule has 1 aromatic carbocycles. The molecule has 0 saturated carbocycles. The smallest absolute Gasteiger partial charge is 0.159 e. The van der Waals surface area contributed by atoms with Gasteiger partial charge in [-0.15, -0.1) is 0 Å². The lowest BCUT2D eigenvalue weighted by atomic mass is 10.1. The molecule has 1 aliphatic rings. The van der Waals surface area contributed by atoms with Crippen LogP contribution >= 0.6 is 0 Å². The van der Waals surface area contributed by atoms with Gasteiger partial charge in [0.15, 0.2) is 11.6 Å². The summed E-state index contributed by atoms with van der Waals surface area (Å²) in [6.45, 7) is 3.66. The number of halogens is 2. The van der Waals surface area contributed by atoms with Crippen LogP contribution in [0.3, 0.4) is 0 Å². The normalized spacial score (nSPS) is 19.2. The van der Waals surface area contributed by atoms with Crippen LogP contribution in [0.5, 0.6) is 0 Å². The van der Waals surface area contributed by atoms with Crippen LogP contribution < -0.4 is 5.32 Å². The lowest BCUT2D eigenvalue weighted by Crippen LogP contribution is -2.48. The number of hydrogen-bond donors (Lipinski definition) is 1. The van der Waals surface area contributed by atoms with Gasteiger partial charge in [0.05, 0.1) is 6.17 Å². The monoisotopic (exact) mass is 255 g/mol. The van der Waals surface area contributed by atoms with Crippen molar-refractivity contribution in [2.45, 2.75) is 6.17 Å². The van der Waals surface area contributed by atoms with E-state index in [2.05, 4.69) is 10.2 Å². The third-order valence-electron chi connectivity index (χ3n) is 3.23. The Morgan fingerprint density at radius 2 is 1.83 bits per heavy atom. The van der Waals surface area contributed by atoms with Crippen LogP contribution in [0.1, 0.15) is 11.7 Å². The molecular weight excluding hydrogens is 236 g/mol. The SMILES string of the molecule is CN(C)C(c1ccc(F)c(F)c1)N1CCNCC1. The number of rotatable bonds is 3. The Kier molecular flexibility index (Phi) is 4.27. The van der Waals surface area contributed by atoms with E-state index in [9.17, 15) is 8.78 Å². The second-order valence-corrected chi connectivity index (χ2v) is 4.80. The van der Waals surface area contributed by atoms with E-state index in [1.165, 1.54) is 12.1 Å². The van der Waals surface area contributed by atoms with Crippen molar-refractivity contribution in [3.05, 3.63) is 35.4 Å².